The number of anilines is 2. The lowest BCUT2D eigenvalue weighted by Gasteiger charge is -2.05. The maximum Gasteiger partial charge on any atom is 0.234 e. The van der Waals surface area contributed by atoms with Gasteiger partial charge < -0.3 is 11.1 Å². The first kappa shape index (κ1) is 14.0. The summed E-state index contributed by atoms with van der Waals surface area (Å²) in [4.78, 5) is 15.6. The molecular formula is C10H9Cl2N5OS. The topological polar surface area (TPSA) is 96.7 Å². The van der Waals surface area contributed by atoms with Crippen molar-refractivity contribution in [3.05, 3.63) is 28.2 Å². The number of rotatable bonds is 4. The highest BCUT2D eigenvalue weighted by atomic mass is 35.5. The molecule has 0 bridgehead atoms. The van der Waals surface area contributed by atoms with Crippen LogP contribution < -0.4 is 11.1 Å². The molecule has 4 N–H and O–H groups in total. The molecule has 2 rings (SSSR count). The number of amides is 1. The van der Waals surface area contributed by atoms with E-state index >= 15 is 0 Å². The van der Waals surface area contributed by atoms with Crippen LogP contribution in [0, 0.1) is 0 Å². The molecular weight excluding hydrogens is 309 g/mol. The number of nitrogens with zero attached hydrogens (tertiary/aromatic N) is 2. The zero-order valence-corrected chi connectivity index (χ0v) is 11.8. The van der Waals surface area contributed by atoms with E-state index in [2.05, 4.69) is 20.5 Å². The van der Waals surface area contributed by atoms with Crippen molar-refractivity contribution < 1.29 is 4.79 Å². The van der Waals surface area contributed by atoms with Crippen LogP contribution in [0.25, 0.3) is 0 Å². The van der Waals surface area contributed by atoms with Crippen molar-refractivity contribution in [2.75, 3.05) is 16.8 Å². The molecule has 1 aromatic carbocycles. The van der Waals surface area contributed by atoms with E-state index in [1.807, 2.05) is 0 Å². The van der Waals surface area contributed by atoms with Gasteiger partial charge >= 0.3 is 0 Å². The largest absolute Gasteiger partial charge is 0.368 e. The van der Waals surface area contributed by atoms with Crippen molar-refractivity contribution in [3.63, 3.8) is 0 Å². The summed E-state index contributed by atoms with van der Waals surface area (Å²) in [6, 6.07) is 4.86. The summed E-state index contributed by atoms with van der Waals surface area (Å²) in [5.74, 6) is 0.177. The highest BCUT2D eigenvalue weighted by molar-refractivity contribution is 7.99. The third kappa shape index (κ3) is 4.02. The summed E-state index contributed by atoms with van der Waals surface area (Å²) < 4.78 is 0. The van der Waals surface area contributed by atoms with Crippen molar-refractivity contribution in [2.45, 2.75) is 5.16 Å². The maximum atomic E-state index is 11.7. The number of H-pyrrole nitrogens is 1. The quantitative estimate of drug-likeness (QED) is 0.752. The van der Waals surface area contributed by atoms with E-state index in [0.29, 0.717) is 20.9 Å². The Balaban J connectivity index is 1.88. The fourth-order valence-electron chi connectivity index (χ4n) is 1.22. The molecule has 6 nitrogen and oxygen atoms in total. The molecule has 19 heavy (non-hydrogen) atoms. The van der Waals surface area contributed by atoms with Crippen LogP contribution in [0.4, 0.5) is 11.6 Å². The minimum Gasteiger partial charge on any atom is -0.368 e. The Morgan fingerprint density at radius 2 is 2.21 bits per heavy atom. The Morgan fingerprint density at radius 3 is 2.84 bits per heavy atom. The summed E-state index contributed by atoms with van der Waals surface area (Å²) >= 11 is 12.8. The van der Waals surface area contributed by atoms with Gasteiger partial charge in [-0.1, -0.05) is 35.0 Å². The highest BCUT2D eigenvalue weighted by Gasteiger charge is 2.08. The Bertz CT molecular complexity index is 603. The zero-order chi connectivity index (χ0) is 13.8. The molecule has 0 fully saturated rings. The predicted molar refractivity (Wildman–Crippen MR) is 76.6 cm³/mol. The Kier molecular flexibility index (Phi) is 4.52. The van der Waals surface area contributed by atoms with E-state index in [-0.39, 0.29) is 17.6 Å². The van der Waals surface area contributed by atoms with Crippen LogP contribution in [0.15, 0.2) is 23.4 Å². The van der Waals surface area contributed by atoms with Gasteiger partial charge in [-0.05, 0) is 18.2 Å². The van der Waals surface area contributed by atoms with Crippen molar-refractivity contribution in [1.29, 1.82) is 0 Å². The lowest BCUT2D eigenvalue weighted by Crippen LogP contribution is -2.14. The van der Waals surface area contributed by atoms with Gasteiger partial charge in [-0.3, -0.25) is 4.79 Å². The van der Waals surface area contributed by atoms with Crippen molar-refractivity contribution >= 4 is 52.5 Å². The Morgan fingerprint density at radius 1 is 1.42 bits per heavy atom. The van der Waals surface area contributed by atoms with Crippen molar-refractivity contribution in [3.8, 4) is 0 Å². The molecule has 0 spiro atoms. The Labute approximate surface area is 123 Å². The molecule has 0 atom stereocenters. The number of nitrogens with two attached hydrogens (primary N) is 1. The van der Waals surface area contributed by atoms with Crippen LogP contribution >= 0.6 is 35.0 Å². The number of aromatic amines is 1. The molecule has 0 radical (unpaired) electrons. The first-order chi connectivity index (χ1) is 9.04. The number of halogens is 2. The second-order valence-electron chi connectivity index (χ2n) is 3.47. The predicted octanol–water partition coefficient (Wildman–Crippen LogP) is 2.42. The number of aromatic nitrogens is 3. The number of nitrogens with one attached hydrogen (secondary N) is 2. The molecule has 9 heteroatoms. The lowest BCUT2D eigenvalue weighted by molar-refractivity contribution is -0.113. The average molecular weight is 318 g/mol. The van der Waals surface area contributed by atoms with Gasteiger partial charge in [0.25, 0.3) is 0 Å². The van der Waals surface area contributed by atoms with Gasteiger partial charge in [0.2, 0.25) is 17.0 Å². The summed E-state index contributed by atoms with van der Waals surface area (Å²) in [5.41, 5.74) is 5.95. The molecule has 1 aromatic heterocycles. The van der Waals surface area contributed by atoms with E-state index in [1.54, 1.807) is 18.2 Å². The van der Waals surface area contributed by atoms with E-state index < -0.39 is 0 Å². The molecule has 1 amide bonds. The average Bonchev–Trinajstić information content (AvgIpc) is 2.77. The van der Waals surface area contributed by atoms with Gasteiger partial charge in [0.05, 0.1) is 15.8 Å². The second kappa shape index (κ2) is 6.14. The van der Waals surface area contributed by atoms with Gasteiger partial charge in [0.1, 0.15) is 0 Å². The van der Waals surface area contributed by atoms with Gasteiger partial charge in [-0.25, -0.2) is 5.10 Å². The van der Waals surface area contributed by atoms with Gasteiger partial charge in [-0.2, -0.15) is 4.98 Å². The number of benzene rings is 1. The smallest absolute Gasteiger partial charge is 0.234 e. The molecule has 100 valence electrons. The molecule has 0 unspecified atom stereocenters. The SMILES string of the molecule is Nc1nc(SCC(=O)Nc2ccc(Cl)c(Cl)c2)n[nH]1. The third-order valence-corrected chi connectivity index (χ3v) is 3.60. The van der Waals surface area contributed by atoms with Gasteiger partial charge in [0, 0.05) is 5.69 Å². The monoisotopic (exact) mass is 317 g/mol. The van der Waals surface area contributed by atoms with Crippen LogP contribution in [-0.4, -0.2) is 26.8 Å². The standard InChI is InChI=1S/C10H9Cl2N5OS/c11-6-2-1-5(3-7(6)12)14-8(18)4-19-10-15-9(13)16-17-10/h1-3H,4H2,(H,14,18)(H3,13,15,16,17). The molecule has 0 aliphatic carbocycles. The van der Waals surface area contributed by atoms with E-state index in [9.17, 15) is 4.79 Å². The van der Waals surface area contributed by atoms with E-state index in [0.717, 1.165) is 0 Å². The van der Waals surface area contributed by atoms with Crippen LogP contribution in [-0.2, 0) is 4.79 Å². The fourth-order valence-corrected chi connectivity index (χ4v) is 2.13. The molecule has 0 saturated carbocycles. The maximum absolute atomic E-state index is 11.7. The minimum atomic E-state index is -0.202. The lowest BCUT2D eigenvalue weighted by atomic mass is 10.3. The number of nitrogen functional groups attached to an aromatic ring is 1. The number of carbonyl (C=O) groups excluding carboxylic acids is 1. The highest BCUT2D eigenvalue weighted by Crippen LogP contribution is 2.25. The summed E-state index contributed by atoms with van der Waals surface area (Å²) in [5, 5.41) is 10.2. The first-order valence-electron chi connectivity index (χ1n) is 5.10. The summed E-state index contributed by atoms with van der Waals surface area (Å²) in [7, 11) is 0. The van der Waals surface area contributed by atoms with Crippen LogP contribution in [0.1, 0.15) is 0 Å². The van der Waals surface area contributed by atoms with Crippen molar-refractivity contribution in [2.24, 2.45) is 0 Å². The van der Waals surface area contributed by atoms with Crippen molar-refractivity contribution in [1.82, 2.24) is 15.2 Å². The van der Waals surface area contributed by atoms with E-state index in [1.165, 1.54) is 11.8 Å². The molecule has 0 aliphatic rings. The molecule has 0 saturated heterocycles. The fraction of sp³-hybridized carbons (Fsp3) is 0.100. The summed E-state index contributed by atoms with van der Waals surface area (Å²) in [6.07, 6.45) is 0. The van der Waals surface area contributed by atoms with Crippen LogP contribution in [0.2, 0.25) is 10.0 Å². The molecule has 1 heterocycles. The van der Waals surface area contributed by atoms with Crippen LogP contribution in [0.5, 0.6) is 0 Å². The number of carbonyl (C=O) groups is 1. The minimum absolute atomic E-state index is 0.164. The molecule has 2 aromatic rings. The van der Waals surface area contributed by atoms with Gasteiger partial charge in [-0.15, -0.1) is 5.10 Å². The first-order valence-corrected chi connectivity index (χ1v) is 6.84. The zero-order valence-electron chi connectivity index (χ0n) is 9.48. The van der Waals surface area contributed by atoms with E-state index in [4.69, 9.17) is 28.9 Å². The summed E-state index contributed by atoms with van der Waals surface area (Å²) in [6.45, 7) is 0. The van der Waals surface area contributed by atoms with Gasteiger partial charge in [0.15, 0.2) is 0 Å². The molecule has 0 aliphatic heterocycles. The number of thioether (sulfide) groups is 1. The van der Waals surface area contributed by atoms with Crippen LogP contribution in [0.3, 0.4) is 0 Å². The Hall–Kier alpha value is -1.44. The number of hydrogen-bond donors (Lipinski definition) is 3. The number of hydrogen-bond acceptors (Lipinski definition) is 5. The third-order valence-electron chi connectivity index (χ3n) is 2.02. The second-order valence-corrected chi connectivity index (χ2v) is 5.23. The normalized spacial score (nSPS) is 10.4.